The van der Waals surface area contributed by atoms with Crippen LogP contribution in [0.25, 0.3) is 0 Å². The van der Waals surface area contributed by atoms with E-state index in [-0.39, 0.29) is 13.2 Å². The van der Waals surface area contributed by atoms with E-state index in [4.69, 9.17) is 20.4 Å². The van der Waals surface area contributed by atoms with E-state index in [0.29, 0.717) is 0 Å². The van der Waals surface area contributed by atoms with Gasteiger partial charge < -0.3 is 20.4 Å². The van der Waals surface area contributed by atoms with Crippen LogP contribution >= 0.6 is 0 Å². The molecular weight excluding hydrogens is 160 g/mol. The Kier molecular flexibility index (Phi) is 6.60. The molecule has 2 unspecified atom stereocenters. The fourth-order valence-corrected chi connectivity index (χ4v) is 0.628. The van der Waals surface area contributed by atoms with Gasteiger partial charge in [0, 0.05) is 0 Å². The number of hydrogen-bond acceptors (Lipinski definition) is 4. The molecule has 0 fully saturated rings. The Bertz CT molecular complexity index is 135. The van der Waals surface area contributed by atoms with Gasteiger partial charge in [-0.1, -0.05) is 24.3 Å². The fourth-order valence-electron chi connectivity index (χ4n) is 0.628. The number of aliphatic hydroxyl groups is 4. The van der Waals surface area contributed by atoms with Crippen molar-refractivity contribution in [2.24, 2.45) is 0 Å². The summed E-state index contributed by atoms with van der Waals surface area (Å²) < 4.78 is 0. The average molecular weight is 174 g/mol. The maximum Gasteiger partial charge on any atom is 0.102 e. The number of rotatable bonds is 5. The summed E-state index contributed by atoms with van der Waals surface area (Å²) in [4.78, 5) is 0. The molecule has 0 spiro atoms. The van der Waals surface area contributed by atoms with E-state index < -0.39 is 12.2 Å². The topological polar surface area (TPSA) is 80.9 Å². The first-order valence-corrected chi connectivity index (χ1v) is 3.63. The minimum Gasteiger partial charge on any atom is -0.392 e. The molecular formula is C8H14O4. The van der Waals surface area contributed by atoms with Crippen LogP contribution in [0.15, 0.2) is 24.3 Å². The highest BCUT2D eigenvalue weighted by atomic mass is 16.3. The molecule has 0 heterocycles. The molecule has 70 valence electrons. The Morgan fingerprint density at radius 2 is 1.17 bits per heavy atom. The second-order valence-electron chi connectivity index (χ2n) is 2.20. The Labute approximate surface area is 71.1 Å². The van der Waals surface area contributed by atoms with Crippen molar-refractivity contribution in [1.29, 1.82) is 0 Å². The zero-order valence-corrected chi connectivity index (χ0v) is 6.67. The Morgan fingerprint density at radius 3 is 1.42 bits per heavy atom. The van der Waals surface area contributed by atoms with Gasteiger partial charge in [-0.25, -0.2) is 0 Å². The van der Waals surface area contributed by atoms with Gasteiger partial charge in [-0.3, -0.25) is 0 Å². The third-order valence-electron chi connectivity index (χ3n) is 1.23. The largest absolute Gasteiger partial charge is 0.392 e. The SMILES string of the molecule is OCC=CC(O)C(O)C=CCO. The number of hydrogen-bond donors (Lipinski definition) is 4. The zero-order valence-electron chi connectivity index (χ0n) is 6.67. The molecule has 2 atom stereocenters. The summed E-state index contributed by atoms with van der Waals surface area (Å²) in [6.45, 7) is -0.346. The monoisotopic (exact) mass is 174 g/mol. The lowest BCUT2D eigenvalue weighted by Crippen LogP contribution is -2.21. The number of aliphatic hydroxyl groups excluding tert-OH is 4. The van der Waals surface area contributed by atoms with Gasteiger partial charge in [-0.05, 0) is 0 Å². The Balaban J connectivity index is 3.83. The van der Waals surface area contributed by atoms with Crippen LogP contribution in [0.5, 0.6) is 0 Å². The second kappa shape index (κ2) is 7.00. The van der Waals surface area contributed by atoms with Crippen LogP contribution in [0.2, 0.25) is 0 Å². The molecule has 0 aromatic rings. The summed E-state index contributed by atoms with van der Waals surface area (Å²) >= 11 is 0. The lowest BCUT2D eigenvalue weighted by atomic mass is 10.2. The molecule has 0 rings (SSSR count). The predicted octanol–water partition coefficient (Wildman–Crippen LogP) is -1.19. The Hall–Kier alpha value is -0.680. The van der Waals surface area contributed by atoms with Gasteiger partial charge in [0.25, 0.3) is 0 Å². The van der Waals surface area contributed by atoms with E-state index in [1.54, 1.807) is 0 Å². The minimum absolute atomic E-state index is 0.173. The standard InChI is InChI=1S/C8H14O4/c9-5-1-3-7(11)8(12)4-2-6-10/h1-4,7-12H,5-6H2. The van der Waals surface area contributed by atoms with E-state index in [1.165, 1.54) is 24.3 Å². The molecule has 0 aliphatic carbocycles. The van der Waals surface area contributed by atoms with E-state index in [0.717, 1.165) is 0 Å². The molecule has 4 N–H and O–H groups in total. The minimum atomic E-state index is -1.04. The highest BCUT2D eigenvalue weighted by Gasteiger charge is 2.07. The van der Waals surface area contributed by atoms with Crippen LogP contribution in [0.4, 0.5) is 0 Å². The molecule has 0 aromatic heterocycles. The van der Waals surface area contributed by atoms with Gasteiger partial charge in [0.05, 0.1) is 13.2 Å². The van der Waals surface area contributed by atoms with Gasteiger partial charge in [-0.15, -0.1) is 0 Å². The maximum absolute atomic E-state index is 9.09. The fraction of sp³-hybridized carbons (Fsp3) is 0.500. The molecule has 0 aliphatic rings. The predicted molar refractivity (Wildman–Crippen MR) is 44.5 cm³/mol. The van der Waals surface area contributed by atoms with Crippen molar-refractivity contribution in [2.75, 3.05) is 13.2 Å². The van der Waals surface area contributed by atoms with E-state index in [2.05, 4.69) is 0 Å². The molecule has 0 saturated heterocycles. The summed E-state index contributed by atoms with van der Waals surface area (Å²) in [7, 11) is 0. The Morgan fingerprint density at radius 1 is 0.833 bits per heavy atom. The quantitative estimate of drug-likeness (QED) is 0.395. The lowest BCUT2D eigenvalue weighted by molar-refractivity contribution is 0.0800. The van der Waals surface area contributed by atoms with Crippen LogP contribution in [0.1, 0.15) is 0 Å². The maximum atomic E-state index is 9.09. The third kappa shape index (κ3) is 5.03. The summed E-state index contributed by atoms with van der Waals surface area (Å²) in [5, 5.41) is 34.9. The first-order chi connectivity index (χ1) is 5.72. The first-order valence-electron chi connectivity index (χ1n) is 3.63. The van der Waals surface area contributed by atoms with E-state index >= 15 is 0 Å². The van der Waals surface area contributed by atoms with Crippen LogP contribution in [0, 0.1) is 0 Å². The van der Waals surface area contributed by atoms with E-state index in [9.17, 15) is 0 Å². The van der Waals surface area contributed by atoms with Crippen LogP contribution in [-0.4, -0.2) is 45.8 Å². The molecule has 0 aromatic carbocycles. The van der Waals surface area contributed by atoms with Gasteiger partial charge in [-0.2, -0.15) is 0 Å². The average Bonchev–Trinajstić information content (AvgIpc) is 2.10. The van der Waals surface area contributed by atoms with Crippen molar-refractivity contribution in [3.63, 3.8) is 0 Å². The molecule has 12 heavy (non-hydrogen) atoms. The molecule has 4 heteroatoms. The summed E-state index contributed by atoms with van der Waals surface area (Å²) in [5.41, 5.74) is 0. The molecule has 0 saturated carbocycles. The van der Waals surface area contributed by atoms with E-state index in [1.807, 2.05) is 0 Å². The van der Waals surface area contributed by atoms with Crippen molar-refractivity contribution in [1.82, 2.24) is 0 Å². The van der Waals surface area contributed by atoms with Crippen molar-refractivity contribution in [3.8, 4) is 0 Å². The smallest absolute Gasteiger partial charge is 0.102 e. The summed E-state index contributed by atoms with van der Waals surface area (Å²) in [6.07, 6.45) is 3.15. The molecule has 4 nitrogen and oxygen atoms in total. The van der Waals surface area contributed by atoms with Gasteiger partial charge in [0.1, 0.15) is 12.2 Å². The van der Waals surface area contributed by atoms with Crippen LogP contribution in [0.3, 0.4) is 0 Å². The van der Waals surface area contributed by atoms with Crippen LogP contribution in [-0.2, 0) is 0 Å². The lowest BCUT2D eigenvalue weighted by Gasteiger charge is -2.08. The second-order valence-corrected chi connectivity index (χ2v) is 2.20. The first kappa shape index (κ1) is 11.3. The van der Waals surface area contributed by atoms with Crippen molar-refractivity contribution < 1.29 is 20.4 Å². The molecule has 0 aliphatic heterocycles. The van der Waals surface area contributed by atoms with Gasteiger partial charge in [0.2, 0.25) is 0 Å². The molecule has 0 bridgehead atoms. The normalized spacial score (nSPS) is 17.3. The highest BCUT2D eigenvalue weighted by Crippen LogP contribution is 1.96. The van der Waals surface area contributed by atoms with Crippen molar-refractivity contribution in [2.45, 2.75) is 12.2 Å². The van der Waals surface area contributed by atoms with Crippen molar-refractivity contribution in [3.05, 3.63) is 24.3 Å². The zero-order chi connectivity index (χ0) is 9.40. The molecule has 0 radical (unpaired) electrons. The van der Waals surface area contributed by atoms with Crippen LogP contribution < -0.4 is 0 Å². The van der Waals surface area contributed by atoms with Crippen molar-refractivity contribution >= 4 is 0 Å². The summed E-state index contributed by atoms with van der Waals surface area (Å²) in [5.74, 6) is 0. The third-order valence-corrected chi connectivity index (χ3v) is 1.23. The summed E-state index contributed by atoms with van der Waals surface area (Å²) in [6, 6.07) is 0. The highest BCUT2D eigenvalue weighted by molar-refractivity contribution is 5.00. The van der Waals surface area contributed by atoms with Gasteiger partial charge >= 0.3 is 0 Å². The molecule has 0 amide bonds. The van der Waals surface area contributed by atoms with Gasteiger partial charge in [0.15, 0.2) is 0 Å².